The Kier molecular flexibility index (Phi) is 4.92. The van der Waals surface area contributed by atoms with Crippen molar-refractivity contribution in [1.82, 2.24) is 15.5 Å². The van der Waals surface area contributed by atoms with Gasteiger partial charge in [-0.3, -0.25) is 0 Å². The van der Waals surface area contributed by atoms with Crippen LogP contribution in [-0.2, 0) is 0 Å². The molecule has 1 atom stereocenters. The molecule has 2 rings (SSSR count). The summed E-state index contributed by atoms with van der Waals surface area (Å²) in [5.41, 5.74) is 0. The lowest BCUT2D eigenvalue weighted by Crippen LogP contribution is -2.19. The molecule has 0 spiro atoms. The van der Waals surface area contributed by atoms with Crippen molar-refractivity contribution < 1.29 is 0 Å². The molecule has 4 heteroatoms. The van der Waals surface area contributed by atoms with Crippen molar-refractivity contribution in [2.75, 3.05) is 6.54 Å². The van der Waals surface area contributed by atoms with Gasteiger partial charge in [-0.15, -0.1) is 10.2 Å². The maximum atomic E-state index is 4.42. The molecule has 1 unspecified atom stereocenters. The molecular formula is C13H23N3S. The third-order valence-electron chi connectivity index (χ3n) is 3.57. The van der Waals surface area contributed by atoms with Gasteiger partial charge in [-0.05, 0) is 25.8 Å². The predicted octanol–water partition coefficient (Wildman–Crippen LogP) is 3.65. The molecule has 3 nitrogen and oxygen atoms in total. The van der Waals surface area contributed by atoms with Crippen molar-refractivity contribution in [1.29, 1.82) is 0 Å². The molecule has 0 aliphatic heterocycles. The van der Waals surface area contributed by atoms with Gasteiger partial charge in [0, 0.05) is 5.92 Å². The van der Waals surface area contributed by atoms with Crippen LogP contribution >= 0.6 is 11.3 Å². The standard InChI is InChI=1S/C13H23N3S/c1-3-11(14-4-2)13-16-15-12(17-13)10-8-6-5-7-9-10/h10-11,14H,3-9H2,1-2H3. The van der Waals surface area contributed by atoms with Gasteiger partial charge in [0.15, 0.2) is 0 Å². The Morgan fingerprint density at radius 3 is 2.65 bits per heavy atom. The molecule has 0 radical (unpaired) electrons. The van der Waals surface area contributed by atoms with E-state index in [-0.39, 0.29) is 0 Å². The maximum absolute atomic E-state index is 4.42. The van der Waals surface area contributed by atoms with Crippen molar-refractivity contribution in [2.24, 2.45) is 0 Å². The summed E-state index contributed by atoms with van der Waals surface area (Å²) in [4.78, 5) is 0. The monoisotopic (exact) mass is 253 g/mol. The van der Waals surface area contributed by atoms with Crippen molar-refractivity contribution in [2.45, 2.75) is 64.3 Å². The number of nitrogens with one attached hydrogen (secondary N) is 1. The van der Waals surface area contributed by atoms with Gasteiger partial charge in [0.2, 0.25) is 0 Å². The van der Waals surface area contributed by atoms with E-state index >= 15 is 0 Å². The third kappa shape index (κ3) is 3.26. The molecule has 1 N–H and O–H groups in total. The molecule has 0 saturated heterocycles. The Hall–Kier alpha value is -0.480. The van der Waals surface area contributed by atoms with Gasteiger partial charge in [-0.25, -0.2) is 0 Å². The molecule has 1 fully saturated rings. The second-order valence-corrected chi connectivity index (χ2v) is 5.87. The zero-order chi connectivity index (χ0) is 12.1. The van der Waals surface area contributed by atoms with E-state index in [2.05, 4.69) is 29.4 Å². The van der Waals surface area contributed by atoms with Gasteiger partial charge in [0.25, 0.3) is 0 Å². The van der Waals surface area contributed by atoms with Crippen LogP contribution in [0.2, 0.25) is 0 Å². The summed E-state index contributed by atoms with van der Waals surface area (Å²) in [6, 6.07) is 0.398. The molecule has 0 aromatic carbocycles. The highest BCUT2D eigenvalue weighted by Crippen LogP contribution is 2.35. The van der Waals surface area contributed by atoms with E-state index in [9.17, 15) is 0 Å². The highest BCUT2D eigenvalue weighted by Gasteiger charge is 2.21. The minimum absolute atomic E-state index is 0.398. The van der Waals surface area contributed by atoms with Gasteiger partial charge in [-0.2, -0.15) is 0 Å². The SMILES string of the molecule is CCNC(CC)c1nnc(C2CCCCC2)s1. The largest absolute Gasteiger partial charge is 0.308 e. The third-order valence-corrected chi connectivity index (χ3v) is 4.77. The molecule has 17 heavy (non-hydrogen) atoms. The van der Waals surface area contributed by atoms with E-state index in [0.29, 0.717) is 12.0 Å². The van der Waals surface area contributed by atoms with Crippen LogP contribution < -0.4 is 5.32 Å². The van der Waals surface area contributed by atoms with E-state index in [0.717, 1.165) is 13.0 Å². The Labute approximate surface area is 108 Å². The van der Waals surface area contributed by atoms with Crippen molar-refractivity contribution in [3.05, 3.63) is 10.0 Å². The lowest BCUT2D eigenvalue weighted by Gasteiger charge is -2.18. The van der Waals surface area contributed by atoms with Crippen LogP contribution in [-0.4, -0.2) is 16.7 Å². The summed E-state index contributed by atoms with van der Waals surface area (Å²) in [5.74, 6) is 0.689. The number of nitrogens with zero attached hydrogens (tertiary/aromatic N) is 2. The fraction of sp³-hybridized carbons (Fsp3) is 0.846. The first-order valence-corrected chi connectivity index (χ1v) is 7.73. The molecule has 1 aromatic heterocycles. The highest BCUT2D eigenvalue weighted by atomic mass is 32.1. The Morgan fingerprint density at radius 1 is 1.24 bits per heavy atom. The Bertz CT molecular complexity index is 312. The van der Waals surface area contributed by atoms with E-state index in [1.165, 1.54) is 42.1 Å². The first-order chi connectivity index (χ1) is 8.35. The second kappa shape index (κ2) is 6.45. The van der Waals surface area contributed by atoms with Gasteiger partial charge < -0.3 is 5.32 Å². The van der Waals surface area contributed by atoms with Crippen LogP contribution in [0, 0.1) is 0 Å². The van der Waals surface area contributed by atoms with Crippen LogP contribution in [0.5, 0.6) is 0 Å². The van der Waals surface area contributed by atoms with Crippen molar-refractivity contribution >= 4 is 11.3 Å². The first kappa shape index (κ1) is 13.0. The highest BCUT2D eigenvalue weighted by molar-refractivity contribution is 7.11. The predicted molar refractivity (Wildman–Crippen MR) is 72.4 cm³/mol. The summed E-state index contributed by atoms with van der Waals surface area (Å²) < 4.78 is 0. The van der Waals surface area contributed by atoms with Gasteiger partial charge in [-0.1, -0.05) is 44.4 Å². The van der Waals surface area contributed by atoms with Gasteiger partial charge in [0.05, 0.1) is 6.04 Å². The summed E-state index contributed by atoms with van der Waals surface area (Å²) in [6.07, 6.45) is 7.84. The number of hydrogen-bond donors (Lipinski definition) is 1. The molecule has 1 aliphatic rings. The summed E-state index contributed by atoms with van der Waals surface area (Å²) in [7, 11) is 0. The lowest BCUT2D eigenvalue weighted by molar-refractivity contribution is 0.440. The zero-order valence-corrected chi connectivity index (χ0v) is 11.7. The fourth-order valence-electron chi connectivity index (χ4n) is 2.55. The average molecular weight is 253 g/mol. The van der Waals surface area contributed by atoms with Gasteiger partial charge >= 0.3 is 0 Å². The Morgan fingerprint density at radius 2 is 2.00 bits per heavy atom. The zero-order valence-electron chi connectivity index (χ0n) is 10.9. The number of aromatic nitrogens is 2. The topological polar surface area (TPSA) is 37.8 Å². The minimum atomic E-state index is 0.398. The molecule has 1 aromatic rings. The van der Waals surface area contributed by atoms with Crippen molar-refractivity contribution in [3.8, 4) is 0 Å². The second-order valence-electron chi connectivity index (χ2n) is 4.83. The normalized spacial score (nSPS) is 19.4. The molecule has 96 valence electrons. The maximum Gasteiger partial charge on any atom is 0.134 e. The average Bonchev–Trinajstić information content (AvgIpc) is 2.86. The quantitative estimate of drug-likeness (QED) is 0.870. The molecular weight excluding hydrogens is 230 g/mol. The Balaban J connectivity index is 2.03. The summed E-state index contributed by atoms with van der Waals surface area (Å²) >= 11 is 1.83. The van der Waals surface area contributed by atoms with E-state index in [1.54, 1.807) is 0 Å². The van der Waals surface area contributed by atoms with Gasteiger partial charge in [0.1, 0.15) is 10.0 Å². The van der Waals surface area contributed by atoms with Crippen LogP contribution in [0.25, 0.3) is 0 Å². The van der Waals surface area contributed by atoms with Crippen LogP contribution in [0.3, 0.4) is 0 Å². The molecule has 1 aliphatic carbocycles. The summed E-state index contributed by atoms with van der Waals surface area (Å²) in [6.45, 7) is 5.34. The molecule has 1 saturated carbocycles. The molecule has 0 bridgehead atoms. The minimum Gasteiger partial charge on any atom is -0.308 e. The molecule has 1 heterocycles. The van der Waals surface area contributed by atoms with Crippen LogP contribution in [0.15, 0.2) is 0 Å². The number of hydrogen-bond acceptors (Lipinski definition) is 4. The number of rotatable bonds is 5. The van der Waals surface area contributed by atoms with Crippen LogP contribution in [0.1, 0.15) is 74.3 Å². The summed E-state index contributed by atoms with van der Waals surface area (Å²) in [5, 5.41) is 14.7. The van der Waals surface area contributed by atoms with E-state index in [4.69, 9.17) is 0 Å². The fourth-order valence-corrected chi connectivity index (χ4v) is 3.73. The van der Waals surface area contributed by atoms with Crippen molar-refractivity contribution in [3.63, 3.8) is 0 Å². The first-order valence-electron chi connectivity index (χ1n) is 6.91. The van der Waals surface area contributed by atoms with Crippen LogP contribution in [0.4, 0.5) is 0 Å². The van der Waals surface area contributed by atoms with E-state index in [1.807, 2.05) is 11.3 Å². The van der Waals surface area contributed by atoms with E-state index < -0.39 is 0 Å². The smallest absolute Gasteiger partial charge is 0.134 e. The lowest BCUT2D eigenvalue weighted by atomic mass is 9.90. The molecule has 0 amide bonds.